The molecule has 1 amide bonds. The third kappa shape index (κ3) is 4.06. The van der Waals surface area contributed by atoms with Crippen LogP contribution in [0.1, 0.15) is 60.6 Å². The summed E-state index contributed by atoms with van der Waals surface area (Å²) in [5, 5.41) is 3.19. The molecule has 1 aliphatic rings. The Bertz CT molecular complexity index is 1190. The van der Waals surface area contributed by atoms with Crippen molar-refractivity contribution in [1.29, 1.82) is 0 Å². The van der Waals surface area contributed by atoms with Gasteiger partial charge in [-0.25, -0.2) is 9.78 Å². The number of H-pyrrole nitrogens is 1. The summed E-state index contributed by atoms with van der Waals surface area (Å²) in [5.41, 5.74) is 1.49. The Kier molecular flexibility index (Phi) is 5.53. The second-order valence-electron chi connectivity index (χ2n) is 7.97. The fourth-order valence-corrected chi connectivity index (χ4v) is 3.76. The molecule has 0 aliphatic heterocycles. The average Bonchev–Trinajstić information content (AvgIpc) is 3.58. The molecule has 2 aromatic heterocycles. The van der Waals surface area contributed by atoms with Crippen molar-refractivity contribution in [1.82, 2.24) is 19.9 Å². The standard InChI is InChI=1S/C23H26N4O3/c1-3-27-20-19(22(29)26-23(27)30)17(13-18(25-20)16-11-12-16)21(28)24-14(2)9-10-15-7-5-4-6-8-15/h4-8,13-14,16H,3,9-12H2,1-2H3,(H,24,28)(H,26,29,30). The molecule has 0 saturated heterocycles. The van der Waals surface area contributed by atoms with E-state index in [4.69, 9.17) is 0 Å². The smallest absolute Gasteiger partial charge is 0.329 e. The number of carbonyl (C=O) groups is 1. The first kappa shape index (κ1) is 20.1. The van der Waals surface area contributed by atoms with Crippen molar-refractivity contribution in [2.24, 2.45) is 0 Å². The molecule has 1 aromatic carbocycles. The van der Waals surface area contributed by atoms with Gasteiger partial charge in [0.05, 0.1) is 10.9 Å². The van der Waals surface area contributed by atoms with Crippen LogP contribution in [0.3, 0.4) is 0 Å². The number of pyridine rings is 1. The highest BCUT2D eigenvalue weighted by Gasteiger charge is 2.28. The number of carbonyl (C=O) groups excluding carboxylic acids is 1. The molecule has 7 heteroatoms. The quantitative estimate of drug-likeness (QED) is 0.630. The minimum atomic E-state index is -0.573. The third-order valence-corrected chi connectivity index (χ3v) is 5.61. The van der Waals surface area contributed by atoms with Gasteiger partial charge in [0.25, 0.3) is 11.5 Å². The second kappa shape index (κ2) is 8.26. The summed E-state index contributed by atoms with van der Waals surface area (Å²) in [7, 11) is 0. The van der Waals surface area contributed by atoms with Crippen LogP contribution in [0.2, 0.25) is 0 Å². The largest absolute Gasteiger partial charge is 0.350 e. The predicted octanol–water partition coefficient (Wildman–Crippen LogP) is 2.73. The number of fused-ring (bicyclic) bond motifs is 1. The topological polar surface area (TPSA) is 96.9 Å². The number of rotatable bonds is 7. The number of aromatic nitrogens is 3. The maximum absolute atomic E-state index is 13.1. The minimum Gasteiger partial charge on any atom is -0.350 e. The van der Waals surface area contributed by atoms with E-state index in [-0.39, 0.29) is 34.5 Å². The lowest BCUT2D eigenvalue weighted by atomic mass is 10.0. The molecule has 2 heterocycles. The van der Waals surface area contributed by atoms with Gasteiger partial charge in [-0.3, -0.25) is 19.1 Å². The number of hydrogen-bond donors (Lipinski definition) is 2. The molecular weight excluding hydrogens is 380 g/mol. The van der Waals surface area contributed by atoms with Gasteiger partial charge in [-0.1, -0.05) is 30.3 Å². The number of nitrogens with one attached hydrogen (secondary N) is 2. The molecule has 2 N–H and O–H groups in total. The molecular formula is C23H26N4O3. The average molecular weight is 406 g/mol. The fraction of sp³-hybridized carbons (Fsp3) is 0.391. The normalized spacial score (nSPS) is 14.6. The summed E-state index contributed by atoms with van der Waals surface area (Å²) in [5.74, 6) is -0.0205. The highest BCUT2D eigenvalue weighted by molar-refractivity contribution is 6.05. The summed E-state index contributed by atoms with van der Waals surface area (Å²) >= 11 is 0. The zero-order valence-corrected chi connectivity index (χ0v) is 17.3. The van der Waals surface area contributed by atoms with E-state index in [2.05, 4.69) is 27.4 Å². The van der Waals surface area contributed by atoms with E-state index in [1.165, 1.54) is 10.1 Å². The monoisotopic (exact) mass is 406 g/mol. The van der Waals surface area contributed by atoms with E-state index in [9.17, 15) is 14.4 Å². The fourth-order valence-electron chi connectivity index (χ4n) is 3.76. The molecule has 1 fully saturated rings. The number of nitrogens with zero attached hydrogens (tertiary/aromatic N) is 2. The molecule has 1 aliphatic carbocycles. The zero-order valence-electron chi connectivity index (χ0n) is 17.3. The number of aromatic amines is 1. The van der Waals surface area contributed by atoms with E-state index < -0.39 is 11.2 Å². The van der Waals surface area contributed by atoms with E-state index >= 15 is 0 Å². The van der Waals surface area contributed by atoms with Crippen LogP contribution >= 0.6 is 0 Å². The minimum absolute atomic E-state index is 0.0681. The highest BCUT2D eigenvalue weighted by Crippen LogP contribution is 2.39. The Morgan fingerprint density at radius 3 is 2.67 bits per heavy atom. The molecule has 30 heavy (non-hydrogen) atoms. The maximum Gasteiger partial charge on any atom is 0.329 e. The first-order chi connectivity index (χ1) is 14.5. The predicted molar refractivity (Wildman–Crippen MR) is 116 cm³/mol. The van der Waals surface area contributed by atoms with Gasteiger partial charge in [0.15, 0.2) is 5.65 Å². The second-order valence-corrected chi connectivity index (χ2v) is 7.97. The van der Waals surface area contributed by atoms with Gasteiger partial charge < -0.3 is 5.32 Å². The number of hydrogen-bond acceptors (Lipinski definition) is 4. The first-order valence-electron chi connectivity index (χ1n) is 10.5. The lowest BCUT2D eigenvalue weighted by molar-refractivity contribution is 0.0940. The molecule has 156 valence electrons. The molecule has 7 nitrogen and oxygen atoms in total. The van der Waals surface area contributed by atoms with Gasteiger partial charge >= 0.3 is 5.69 Å². The van der Waals surface area contributed by atoms with Gasteiger partial charge in [-0.2, -0.15) is 0 Å². The van der Waals surface area contributed by atoms with E-state index in [1.807, 2.05) is 32.0 Å². The Balaban J connectivity index is 1.66. The number of amides is 1. The van der Waals surface area contributed by atoms with Crippen LogP contribution < -0.4 is 16.6 Å². The zero-order chi connectivity index (χ0) is 21.3. The van der Waals surface area contributed by atoms with Gasteiger partial charge in [0, 0.05) is 24.2 Å². The van der Waals surface area contributed by atoms with Crippen molar-refractivity contribution in [3.05, 3.63) is 74.1 Å². The van der Waals surface area contributed by atoms with Crippen LogP contribution in [-0.2, 0) is 13.0 Å². The molecule has 1 atom stereocenters. The maximum atomic E-state index is 13.1. The summed E-state index contributed by atoms with van der Waals surface area (Å²) in [6, 6.07) is 11.8. The van der Waals surface area contributed by atoms with Gasteiger partial charge in [-0.05, 0) is 51.2 Å². The Morgan fingerprint density at radius 2 is 2.00 bits per heavy atom. The van der Waals surface area contributed by atoms with Gasteiger partial charge in [-0.15, -0.1) is 0 Å². The van der Waals surface area contributed by atoms with Crippen molar-refractivity contribution >= 4 is 16.9 Å². The summed E-state index contributed by atoms with van der Waals surface area (Å²) in [6.45, 7) is 4.13. The van der Waals surface area contributed by atoms with Gasteiger partial charge in [0.1, 0.15) is 0 Å². The van der Waals surface area contributed by atoms with Crippen LogP contribution in [-0.4, -0.2) is 26.5 Å². The summed E-state index contributed by atoms with van der Waals surface area (Å²) in [6.07, 6.45) is 3.64. The Morgan fingerprint density at radius 1 is 1.27 bits per heavy atom. The summed E-state index contributed by atoms with van der Waals surface area (Å²) in [4.78, 5) is 44.9. The lowest BCUT2D eigenvalue weighted by Gasteiger charge is -2.16. The van der Waals surface area contributed by atoms with E-state index in [1.54, 1.807) is 6.07 Å². The SMILES string of the molecule is CCn1c(=O)[nH]c(=O)c2c(C(=O)NC(C)CCc3ccccc3)cc(C3CC3)nc21. The lowest BCUT2D eigenvalue weighted by Crippen LogP contribution is -2.36. The Hall–Kier alpha value is -3.22. The van der Waals surface area contributed by atoms with Crippen LogP contribution in [0.15, 0.2) is 46.0 Å². The first-order valence-corrected chi connectivity index (χ1v) is 10.5. The molecule has 0 radical (unpaired) electrons. The highest BCUT2D eigenvalue weighted by atomic mass is 16.2. The number of aryl methyl sites for hydroxylation is 2. The van der Waals surface area contributed by atoms with Crippen LogP contribution in [0.25, 0.3) is 11.0 Å². The van der Waals surface area contributed by atoms with E-state index in [0.717, 1.165) is 31.4 Å². The molecule has 0 bridgehead atoms. The molecule has 1 unspecified atom stereocenters. The van der Waals surface area contributed by atoms with Crippen molar-refractivity contribution in [3.63, 3.8) is 0 Å². The van der Waals surface area contributed by atoms with Crippen molar-refractivity contribution in [2.75, 3.05) is 0 Å². The molecule has 3 aromatic rings. The van der Waals surface area contributed by atoms with E-state index in [0.29, 0.717) is 6.54 Å². The van der Waals surface area contributed by atoms with Crippen LogP contribution in [0.5, 0.6) is 0 Å². The van der Waals surface area contributed by atoms with Crippen molar-refractivity contribution < 1.29 is 4.79 Å². The molecule has 4 rings (SSSR count). The summed E-state index contributed by atoms with van der Waals surface area (Å²) < 4.78 is 1.41. The van der Waals surface area contributed by atoms with Crippen molar-refractivity contribution in [2.45, 2.75) is 58.0 Å². The third-order valence-electron chi connectivity index (χ3n) is 5.61. The van der Waals surface area contributed by atoms with Crippen molar-refractivity contribution in [3.8, 4) is 0 Å². The van der Waals surface area contributed by atoms with Crippen LogP contribution in [0, 0.1) is 0 Å². The van der Waals surface area contributed by atoms with Crippen LogP contribution in [0.4, 0.5) is 0 Å². The number of benzene rings is 1. The molecule has 0 spiro atoms. The Labute approximate surface area is 174 Å². The molecule has 1 saturated carbocycles. The van der Waals surface area contributed by atoms with Gasteiger partial charge in [0.2, 0.25) is 0 Å².